The van der Waals surface area contributed by atoms with Gasteiger partial charge in [0.1, 0.15) is 0 Å². The Balaban J connectivity index is 1.72. The van der Waals surface area contributed by atoms with Crippen LogP contribution in [0.15, 0.2) is 18.3 Å². The summed E-state index contributed by atoms with van der Waals surface area (Å²) in [5.41, 5.74) is 8.47. The van der Waals surface area contributed by atoms with Gasteiger partial charge in [-0.3, -0.25) is 0 Å². The summed E-state index contributed by atoms with van der Waals surface area (Å²) in [7, 11) is 0. The molecule has 3 N–H and O–H groups in total. The van der Waals surface area contributed by atoms with E-state index in [1.165, 1.54) is 37.8 Å². The molecule has 2 nitrogen and oxygen atoms in total. The van der Waals surface area contributed by atoms with E-state index < -0.39 is 0 Å². The number of hydrogen-bond donors (Lipinski definition) is 2. The van der Waals surface area contributed by atoms with E-state index in [4.69, 9.17) is 5.73 Å². The summed E-state index contributed by atoms with van der Waals surface area (Å²) in [6.45, 7) is 4.50. The summed E-state index contributed by atoms with van der Waals surface area (Å²) in [6.07, 6.45) is 9.11. The first-order valence-electron chi connectivity index (χ1n) is 7.91. The van der Waals surface area contributed by atoms with Crippen molar-refractivity contribution in [3.8, 4) is 0 Å². The van der Waals surface area contributed by atoms with Gasteiger partial charge in [-0.25, -0.2) is 0 Å². The van der Waals surface area contributed by atoms with Crippen molar-refractivity contribution in [1.29, 1.82) is 0 Å². The molecular weight excluding hydrogens is 232 g/mol. The van der Waals surface area contributed by atoms with Gasteiger partial charge in [-0.2, -0.15) is 0 Å². The minimum atomic E-state index is -0.000458. The third-order valence-electron chi connectivity index (χ3n) is 6.30. The smallest absolute Gasteiger partial charge is 0.0210 e. The van der Waals surface area contributed by atoms with Crippen molar-refractivity contribution in [3.63, 3.8) is 0 Å². The molecule has 104 valence electrons. The molecule has 4 aliphatic carbocycles. The maximum Gasteiger partial charge on any atom is 0.0210 e. The standard InChI is InChI=1S/C17H26N2/c1-16(2,18)15-12-6-11-7-13(15)10-17(8-11,9-12)14-4-3-5-19-14/h3-5,11-13,15,19H,6-10,18H2,1-2H3. The second-order valence-electron chi connectivity index (χ2n) is 8.18. The predicted octanol–water partition coefficient (Wildman–Crippen LogP) is 3.45. The fraction of sp³-hybridized carbons (Fsp3) is 0.765. The summed E-state index contributed by atoms with van der Waals surface area (Å²) in [5, 5.41) is 0. The van der Waals surface area contributed by atoms with Gasteiger partial charge in [0.15, 0.2) is 0 Å². The lowest BCUT2D eigenvalue weighted by Crippen LogP contribution is -2.60. The van der Waals surface area contributed by atoms with Gasteiger partial charge >= 0.3 is 0 Å². The van der Waals surface area contributed by atoms with Crippen molar-refractivity contribution >= 4 is 0 Å². The van der Waals surface area contributed by atoms with E-state index in [2.05, 4.69) is 37.2 Å². The van der Waals surface area contributed by atoms with E-state index >= 15 is 0 Å². The Hall–Kier alpha value is -0.760. The third-order valence-corrected chi connectivity index (χ3v) is 6.30. The van der Waals surface area contributed by atoms with Gasteiger partial charge in [-0.05, 0) is 81.8 Å². The Labute approximate surface area is 116 Å². The topological polar surface area (TPSA) is 41.8 Å². The number of aromatic amines is 1. The zero-order valence-corrected chi connectivity index (χ0v) is 12.2. The van der Waals surface area contributed by atoms with Crippen molar-refractivity contribution in [2.24, 2.45) is 29.4 Å². The molecule has 1 aromatic rings. The molecule has 0 spiro atoms. The van der Waals surface area contributed by atoms with Crippen molar-refractivity contribution in [1.82, 2.24) is 4.98 Å². The van der Waals surface area contributed by atoms with Crippen LogP contribution in [-0.4, -0.2) is 10.5 Å². The first-order valence-corrected chi connectivity index (χ1v) is 7.91. The summed E-state index contributed by atoms with van der Waals surface area (Å²) in [4.78, 5) is 3.52. The zero-order chi connectivity index (χ0) is 13.3. The highest BCUT2D eigenvalue weighted by Gasteiger charge is 2.58. The molecule has 0 radical (unpaired) electrons. The van der Waals surface area contributed by atoms with Crippen molar-refractivity contribution in [3.05, 3.63) is 24.0 Å². The van der Waals surface area contributed by atoms with E-state index in [9.17, 15) is 0 Å². The largest absolute Gasteiger partial charge is 0.365 e. The van der Waals surface area contributed by atoms with Crippen molar-refractivity contribution in [2.75, 3.05) is 0 Å². The molecule has 0 aromatic carbocycles. The van der Waals surface area contributed by atoms with E-state index in [0.29, 0.717) is 5.41 Å². The number of nitrogens with two attached hydrogens (primary N) is 1. The molecular formula is C17H26N2. The monoisotopic (exact) mass is 258 g/mol. The van der Waals surface area contributed by atoms with Crippen LogP contribution in [0.4, 0.5) is 0 Å². The normalized spacial score (nSPS) is 44.8. The Morgan fingerprint density at radius 2 is 1.89 bits per heavy atom. The van der Waals surface area contributed by atoms with Crippen molar-refractivity contribution in [2.45, 2.75) is 56.9 Å². The zero-order valence-electron chi connectivity index (χ0n) is 12.2. The molecule has 19 heavy (non-hydrogen) atoms. The van der Waals surface area contributed by atoms with Gasteiger partial charge in [0, 0.05) is 22.8 Å². The quantitative estimate of drug-likeness (QED) is 0.838. The molecule has 4 saturated carbocycles. The highest BCUT2D eigenvalue weighted by Crippen LogP contribution is 2.64. The Kier molecular flexibility index (Phi) is 2.32. The molecule has 1 heterocycles. The van der Waals surface area contributed by atoms with Crippen molar-refractivity contribution < 1.29 is 0 Å². The fourth-order valence-electron chi connectivity index (χ4n) is 6.23. The Morgan fingerprint density at radius 1 is 1.21 bits per heavy atom. The molecule has 0 amide bonds. The van der Waals surface area contributed by atoms with Crippen LogP contribution in [-0.2, 0) is 5.41 Å². The average molecular weight is 258 g/mol. The maximum absolute atomic E-state index is 6.51. The number of H-pyrrole nitrogens is 1. The lowest BCUT2D eigenvalue weighted by molar-refractivity contribution is -0.0805. The van der Waals surface area contributed by atoms with Crippen LogP contribution >= 0.6 is 0 Å². The second kappa shape index (κ2) is 3.66. The number of hydrogen-bond acceptors (Lipinski definition) is 1. The van der Waals surface area contributed by atoms with Crippen LogP contribution in [0.1, 0.15) is 51.6 Å². The number of rotatable bonds is 2. The predicted molar refractivity (Wildman–Crippen MR) is 77.8 cm³/mol. The Morgan fingerprint density at radius 3 is 2.42 bits per heavy atom. The summed E-state index contributed by atoms with van der Waals surface area (Å²) < 4.78 is 0. The summed E-state index contributed by atoms with van der Waals surface area (Å²) in [6, 6.07) is 4.48. The minimum Gasteiger partial charge on any atom is -0.365 e. The van der Waals surface area contributed by atoms with E-state index in [1.807, 2.05) is 0 Å². The van der Waals surface area contributed by atoms with Crippen LogP contribution in [0.2, 0.25) is 0 Å². The highest BCUT2D eigenvalue weighted by atomic mass is 14.8. The van der Waals surface area contributed by atoms with Gasteiger partial charge in [-0.15, -0.1) is 0 Å². The second-order valence-corrected chi connectivity index (χ2v) is 8.18. The van der Waals surface area contributed by atoms with Crippen LogP contribution in [0.5, 0.6) is 0 Å². The van der Waals surface area contributed by atoms with Gasteiger partial charge in [0.05, 0.1) is 0 Å². The lowest BCUT2D eigenvalue weighted by Gasteiger charge is -2.62. The molecule has 0 aliphatic heterocycles. The maximum atomic E-state index is 6.51. The molecule has 5 rings (SSSR count). The van der Waals surface area contributed by atoms with E-state index in [1.54, 1.807) is 0 Å². The van der Waals surface area contributed by atoms with Gasteiger partial charge in [0.25, 0.3) is 0 Å². The SMILES string of the molecule is CC(C)(N)C1C2CC3CC1CC(c1ccc[nH]1)(C3)C2. The van der Waals surface area contributed by atoms with Crippen LogP contribution in [0.3, 0.4) is 0 Å². The van der Waals surface area contributed by atoms with Crippen LogP contribution in [0, 0.1) is 23.7 Å². The van der Waals surface area contributed by atoms with Gasteiger partial charge in [-0.1, -0.05) is 0 Å². The molecule has 4 aliphatic rings. The van der Waals surface area contributed by atoms with E-state index in [0.717, 1.165) is 23.7 Å². The summed E-state index contributed by atoms with van der Waals surface area (Å²) >= 11 is 0. The third kappa shape index (κ3) is 1.65. The summed E-state index contributed by atoms with van der Waals surface area (Å²) in [5.74, 6) is 3.41. The van der Waals surface area contributed by atoms with Gasteiger partial charge < -0.3 is 10.7 Å². The highest BCUT2D eigenvalue weighted by molar-refractivity contribution is 5.25. The fourth-order valence-corrected chi connectivity index (χ4v) is 6.23. The molecule has 2 unspecified atom stereocenters. The molecule has 0 saturated heterocycles. The van der Waals surface area contributed by atoms with E-state index in [-0.39, 0.29) is 5.54 Å². The molecule has 1 aromatic heterocycles. The average Bonchev–Trinajstić information content (AvgIpc) is 2.78. The molecule has 2 atom stereocenters. The van der Waals surface area contributed by atoms with Crippen LogP contribution < -0.4 is 5.73 Å². The Bertz CT molecular complexity index is 452. The molecule has 4 fully saturated rings. The van der Waals surface area contributed by atoms with Gasteiger partial charge in [0.2, 0.25) is 0 Å². The molecule has 4 bridgehead atoms. The van der Waals surface area contributed by atoms with Crippen LogP contribution in [0.25, 0.3) is 0 Å². The first-order chi connectivity index (χ1) is 8.98. The number of nitrogens with one attached hydrogen (secondary N) is 1. The first kappa shape index (κ1) is 12.0. The molecule has 2 heteroatoms. The minimum absolute atomic E-state index is 0.000458. The number of aromatic nitrogens is 1. The lowest BCUT2D eigenvalue weighted by atomic mass is 9.43.